The lowest BCUT2D eigenvalue weighted by Crippen LogP contribution is -2.51. The third-order valence-electron chi connectivity index (χ3n) is 6.39. The van der Waals surface area contributed by atoms with Crippen molar-refractivity contribution in [3.63, 3.8) is 0 Å². The third-order valence-corrected chi connectivity index (χ3v) is 6.39. The molecule has 2 atom stereocenters. The van der Waals surface area contributed by atoms with Crippen molar-refractivity contribution in [3.8, 4) is 0 Å². The van der Waals surface area contributed by atoms with Gasteiger partial charge in [0.1, 0.15) is 6.04 Å². The normalized spacial score (nSPS) is 12.7. The van der Waals surface area contributed by atoms with Gasteiger partial charge >= 0.3 is 0 Å². The number of nitrogens with two attached hydrogens (primary N) is 1. The fourth-order valence-electron chi connectivity index (χ4n) is 4.02. The van der Waals surface area contributed by atoms with E-state index in [0.717, 1.165) is 25.7 Å². The van der Waals surface area contributed by atoms with E-state index in [0.29, 0.717) is 13.1 Å². The van der Waals surface area contributed by atoms with Crippen LogP contribution in [0.1, 0.15) is 136 Å². The smallest absolute Gasteiger partial charge is 0.242 e. The minimum absolute atomic E-state index is 0.0798. The second-order valence-corrected chi connectivity index (χ2v) is 9.98. The molecule has 0 heterocycles. The molecule has 7 nitrogen and oxygen atoms in total. The zero-order chi connectivity index (χ0) is 26.2. The molecule has 0 unspecified atom stereocenters. The van der Waals surface area contributed by atoms with Crippen molar-refractivity contribution in [2.24, 2.45) is 5.73 Å². The van der Waals surface area contributed by atoms with E-state index in [1.807, 2.05) is 0 Å². The summed E-state index contributed by atoms with van der Waals surface area (Å²) in [7, 11) is 0. The van der Waals surface area contributed by atoms with Crippen LogP contribution in [0.15, 0.2) is 0 Å². The topological polar surface area (TPSA) is 113 Å². The van der Waals surface area contributed by atoms with E-state index < -0.39 is 12.1 Å². The SMILES string of the molecule is CCCCCCCCCCNC(=O)CC[C@H](NC(=O)[C@H](C)N)C(=O)NCCCCCCCCCC. The van der Waals surface area contributed by atoms with Gasteiger partial charge in [0, 0.05) is 19.5 Å². The number of hydrogen-bond acceptors (Lipinski definition) is 4. The number of nitrogens with one attached hydrogen (secondary N) is 3. The summed E-state index contributed by atoms with van der Waals surface area (Å²) < 4.78 is 0. The predicted octanol–water partition coefficient (Wildman–Crippen LogP) is 5.11. The quantitative estimate of drug-likeness (QED) is 0.139. The molecule has 0 spiro atoms. The van der Waals surface area contributed by atoms with Crippen LogP contribution in [-0.2, 0) is 14.4 Å². The third kappa shape index (κ3) is 21.4. The first-order chi connectivity index (χ1) is 16.9. The molecule has 35 heavy (non-hydrogen) atoms. The number of carbonyl (C=O) groups excluding carboxylic acids is 3. The van der Waals surface area contributed by atoms with Crippen LogP contribution in [0, 0.1) is 0 Å². The number of amides is 3. The molecule has 0 fully saturated rings. The van der Waals surface area contributed by atoms with Crippen LogP contribution in [0.25, 0.3) is 0 Å². The molecule has 0 rings (SSSR count). The lowest BCUT2D eigenvalue weighted by molar-refractivity contribution is -0.130. The van der Waals surface area contributed by atoms with E-state index in [1.165, 1.54) is 77.0 Å². The molecule has 0 aromatic carbocycles. The minimum atomic E-state index is -0.739. The molecule has 0 aliphatic carbocycles. The van der Waals surface area contributed by atoms with Crippen molar-refractivity contribution >= 4 is 17.7 Å². The first kappa shape index (κ1) is 33.4. The average Bonchev–Trinajstić information content (AvgIpc) is 2.84. The second-order valence-electron chi connectivity index (χ2n) is 9.98. The fraction of sp³-hybridized carbons (Fsp3) is 0.893. The first-order valence-corrected chi connectivity index (χ1v) is 14.5. The van der Waals surface area contributed by atoms with Crippen LogP contribution in [0.5, 0.6) is 0 Å². The highest BCUT2D eigenvalue weighted by atomic mass is 16.2. The van der Waals surface area contributed by atoms with Crippen molar-refractivity contribution < 1.29 is 14.4 Å². The lowest BCUT2D eigenvalue weighted by atomic mass is 10.1. The summed E-state index contributed by atoms with van der Waals surface area (Å²) >= 11 is 0. The Morgan fingerprint density at radius 3 is 1.51 bits per heavy atom. The van der Waals surface area contributed by atoms with Crippen molar-refractivity contribution in [2.75, 3.05) is 13.1 Å². The summed E-state index contributed by atoms with van der Waals surface area (Å²) in [5.41, 5.74) is 5.66. The van der Waals surface area contributed by atoms with Crippen molar-refractivity contribution in [2.45, 2.75) is 148 Å². The molecule has 206 valence electrons. The van der Waals surface area contributed by atoms with E-state index >= 15 is 0 Å². The maximum Gasteiger partial charge on any atom is 0.242 e. The highest BCUT2D eigenvalue weighted by Crippen LogP contribution is 2.09. The zero-order valence-electron chi connectivity index (χ0n) is 23.1. The molecule has 0 aliphatic heterocycles. The number of carbonyl (C=O) groups is 3. The van der Waals surface area contributed by atoms with Crippen LogP contribution in [0.4, 0.5) is 0 Å². The summed E-state index contributed by atoms with van der Waals surface area (Å²) in [6, 6.07) is -1.44. The largest absolute Gasteiger partial charge is 0.356 e. The number of hydrogen-bond donors (Lipinski definition) is 4. The molecule has 0 aliphatic rings. The maximum absolute atomic E-state index is 12.6. The summed E-state index contributed by atoms with van der Waals surface area (Å²) in [6.45, 7) is 7.28. The van der Waals surface area contributed by atoms with Crippen molar-refractivity contribution in [3.05, 3.63) is 0 Å². The van der Waals surface area contributed by atoms with E-state index in [9.17, 15) is 14.4 Å². The number of unbranched alkanes of at least 4 members (excludes halogenated alkanes) is 14. The predicted molar refractivity (Wildman–Crippen MR) is 146 cm³/mol. The Labute approximate surface area is 215 Å². The summed E-state index contributed by atoms with van der Waals surface area (Å²) in [4.78, 5) is 37.0. The molecule has 0 radical (unpaired) electrons. The van der Waals surface area contributed by atoms with Gasteiger partial charge in [0.25, 0.3) is 0 Å². The summed E-state index contributed by atoms with van der Waals surface area (Å²) in [5.74, 6) is -0.696. The highest BCUT2D eigenvalue weighted by molar-refractivity contribution is 5.90. The monoisotopic (exact) mass is 496 g/mol. The van der Waals surface area contributed by atoms with E-state index in [-0.39, 0.29) is 30.6 Å². The first-order valence-electron chi connectivity index (χ1n) is 14.5. The van der Waals surface area contributed by atoms with Crippen LogP contribution in [0.2, 0.25) is 0 Å². The minimum Gasteiger partial charge on any atom is -0.356 e. The fourth-order valence-corrected chi connectivity index (χ4v) is 4.02. The van der Waals surface area contributed by atoms with Crippen molar-refractivity contribution in [1.82, 2.24) is 16.0 Å². The summed E-state index contributed by atoms with van der Waals surface area (Å²) in [6.07, 6.45) is 19.9. The molecule has 7 heteroatoms. The molecule has 0 aromatic rings. The van der Waals surface area contributed by atoms with Gasteiger partial charge in [0.2, 0.25) is 17.7 Å². The van der Waals surface area contributed by atoms with Gasteiger partial charge < -0.3 is 21.7 Å². The number of rotatable bonds is 24. The van der Waals surface area contributed by atoms with Gasteiger partial charge in [-0.15, -0.1) is 0 Å². The molecular weight excluding hydrogens is 440 g/mol. The van der Waals surface area contributed by atoms with Crippen LogP contribution in [0.3, 0.4) is 0 Å². The Hall–Kier alpha value is -1.63. The summed E-state index contributed by atoms with van der Waals surface area (Å²) in [5, 5.41) is 8.56. The standard InChI is InChI=1S/C28H56N4O3/c1-4-6-8-10-12-14-16-18-22-30-26(33)21-20-25(32-27(34)24(3)29)28(35)31-23-19-17-15-13-11-9-7-5-2/h24-25H,4-23,29H2,1-3H3,(H,30,33)(H,31,35)(H,32,34)/t24-,25-/m0/s1. The molecule has 0 saturated heterocycles. The second kappa shape index (κ2) is 24.1. The van der Waals surface area contributed by atoms with Gasteiger partial charge in [-0.3, -0.25) is 14.4 Å². The van der Waals surface area contributed by atoms with Crippen LogP contribution < -0.4 is 21.7 Å². The molecule has 3 amide bonds. The average molecular weight is 497 g/mol. The van der Waals surface area contributed by atoms with E-state index in [2.05, 4.69) is 29.8 Å². The van der Waals surface area contributed by atoms with Gasteiger partial charge in [-0.2, -0.15) is 0 Å². The Morgan fingerprint density at radius 1 is 0.629 bits per heavy atom. The highest BCUT2D eigenvalue weighted by Gasteiger charge is 2.22. The molecule has 5 N–H and O–H groups in total. The van der Waals surface area contributed by atoms with Gasteiger partial charge in [0.05, 0.1) is 6.04 Å². The Bertz CT molecular complexity index is 540. The Morgan fingerprint density at radius 2 is 1.06 bits per heavy atom. The van der Waals surface area contributed by atoms with Crippen LogP contribution >= 0.6 is 0 Å². The van der Waals surface area contributed by atoms with E-state index in [1.54, 1.807) is 6.92 Å². The lowest BCUT2D eigenvalue weighted by Gasteiger charge is -2.19. The zero-order valence-corrected chi connectivity index (χ0v) is 23.1. The van der Waals surface area contributed by atoms with Gasteiger partial charge in [0.15, 0.2) is 0 Å². The van der Waals surface area contributed by atoms with E-state index in [4.69, 9.17) is 5.73 Å². The maximum atomic E-state index is 12.6. The Balaban J connectivity index is 4.14. The van der Waals surface area contributed by atoms with Gasteiger partial charge in [-0.1, -0.05) is 104 Å². The Kier molecular flexibility index (Phi) is 23.0. The molecular formula is C28H56N4O3. The molecule has 0 aromatic heterocycles. The van der Waals surface area contributed by atoms with Crippen molar-refractivity contribution in [1.29, 1.82) is 0 Å². The van der Waals surface area contributed by atoms with Crippen LogP contribution in [-0.4, -0.2) is 42.9 Å². The molecule has 0 bridgehead atoms. The van der Waals surface area contributed by atoms with Gasteiger partial charge in [-0.25, -0.2) is 0 Å². The van der Waals surface area contributed by atoms with Gasteiger partial charge in [-0.05, 0) is 26.2 Å². The molecule has 0 saturated carbocycles.